The Morgan fingerprint density at radius 2 is 1.82 bits per heavy atom. The van der Waals surface area contributed by atoms with Gasteiger partial charge in [-0.15, -0.1) is 18.0 Å². The molecule has 0 N–H and O–H groups in total. The summed E-state index contributed by atoms with van der Waals surface area (Å²) in [6.45, 7) is 0. The number of hydrogen-bond acceptors (Lipinski definition) is 3. The molecule has 1 aromatic carbocycles. The number of rotatable bonds is 2. The van der Waals surface area contributed by atoms with Crippen LogP contribution in [0.1, 0.15) is 0 Å². The molecule has 2 rings (SSSR count). The van der Waals surface area contributed by atoms with Crippen LogP contribution in [-0.4, -0.2) is 21.4 Å². The molecule has 0 aliphatic heterocycles. The number of hydrogen-bond donors (Lipinski definition) is 0. The number of nitrogens with zero attached hydrogens (tertiary/aromatic N) is 3. The van der Waals surface area contributed by atoms with Crippen molar-refractivity contribution in [3.05, 3.63) is 36.4 Å². The Hall–Kier alpha value is -2.12. The van der Waals surface area contributed by atoms with Crippen LogP contribution in [0.4, 0.5) is 17.6 Å². The number of aromatic nitrogens is 3. The molecule has 1 heterocycles. The fourth-order valence-electron chi connectivity index (χ4n) is 1.15. The van der Waals surface area contributed by atoms with Crippen molar-refractivity contribution >= 4 is 0 Å². The summed E-state index contributed by atoms with van der Waals surface area (Å²) in [6.07, 6.45) is -2.52. The monoisotopic (exact) mass is 246 g/mol. The van der Waals surface area contributed by atoms with Gasteiger partial charge in [-0.05, 0) is 18.2 Å². The zero-order valence-corrected chi connectivity index (χ0v) is 8.07. The zero-order chi connectivity index (χ0) is 12.5. The topological polar surface area (TPSA) is 39.9 Å². The Morgan fingerprint density at radius 1 is 1.18 bits per heavy atom. The Balaban J connectivity index is 2.49. The molecule has 0 amide bonds. The summed E-state index contributed by atoms with van der Waals surface area (Å²) < 4.78 is 53.1. The van der Waals surface area contributed by atoms with E-state index in [0.717, 1.165) is 16.9 Å². The first kappa shape index (κ1) is 11.4. The van der Waals surface area contributed by atoms with Crippen LogP contribution in [-0.2, 0) is 0 Å². The quantitative estimate of drug-likeness (QED) is 0.762. The fourth-order valence-corrected chi connectivity index (χ4v) is 1.15. The minimum atomic E-state index is -5.00. The van der Waals surface area contributed by atoms with Gasteiger partial charge in [-0.1, -0.05) is 0 Å². The summed E-state index contributed by atoms with van der Waals surface area (Å²) >= 11 is 0. The van der Waals surface area contributed by atoms with Crippen molar-refractivity contribution in [3.8, 4) is 11.4 Å². The molecule has 89 valence electrons. The summed E-state index contributed by atoms with van der Waals surface area (Å²) in [6, 6.07) is 4.14. The zero-order valence-electron chi connectivity index (χ0n) is 8.07. The Bertz CT molecular complexity index is 509. The van der Waals surface area contributed by atoms with Gasteiger partial charge in [0.05, 0.1) is 12.4 Å². The van der Waals surface area contributed by atoms with Gasteiger partial charge in [-0.25, -0.2) is 4.39 Å². The smallest absolute Gasteiger partial charge is 0.400 e. The van der Waals surface area contributed by atoms with Gasteiger partial charge in [0.15, 0.2) is 11.6 Å². The fraction of sp³-hybridized carbons (Fsp3) is 0.111. The molecular formula is C9H4F4N3O. The van der Waals surface area contributed by atoms with Gasteiger partial charge >= 0.3 is 6.36 Å². The van der Waals surface area contributed by atoms with Crippen LogP contribution in [0, 0.1) is 11.9 Å². The molecule has 0 aliphatic rings. The van der Waals surface area contributed by atoms with Crippen LogP contribution < -0.4 is 4.74 Å². The van der Waals surface area contributed by atoms with Crippen molar-refractivity contribution in [2.45, 2.75) is 6.36 Å². The minimum Gasteiger partial charge on any atom is -0.400 e. The molecule has 4 nitrogen and oxygen atoms in total. The predicted molar refractivity (Wildman–Crippen MR) is 46.8 cm³/mol. The van der Waals surface area contributed by atoms with E-state index in [-0.39, 0.29) is 5.69 Å². The lowest BCUT2D eigenvalue weighted by atomic mass is 10.3. The first-order chi connectivity index (χ1) is 7.97. The van der Waals surface area contributed by atoms with Crippen molar-refractivity contribution in [3.63, 3.8) is 0 Å². The largest absolute Gasteiger partial charge is 0.573 e. The van der Waals surface area contributed by atoms with Crippen LogP contribution in [0.5, 0.6) is 5.75 Å². The molecule has 0 atom stereocenters. The van der Waals surface area contributed by atoms with Crippen molar-refractivity contribution < 1.29 is 22.3 Å². The van der Waals surface area contributed by atoms with Crippen LogP contribution in [0.2, 0.25) is 0 Å². The predicted octanol–water partition coefficient (Wildman–Crippen LogP) is 2.11. The molecule has 1 radical (unpaired) electrons. The summed E-state index contributed by atoms with van der Waals surface area (Å²) in [5.74, 6) is -2.19. The normalized spacial score (nSPS) is 11.5. The van der Waals surface area contributed by atoms with Crippen molar-refractivity contribution in [1.29, 1.82) is 0 Å². The molecule has 0 saturated heterocycles. The second kappa shape index (κ2) is 4.04. The van der Waals surface area contributed by atoms with Crippen molar-refractivity contribution in [2.75, 3.05) is 0 Å². The number of benzene rings is 1. The molecule has 0 aliphatic carbocycles. The van der Waals surface area contributed by atoms with Gasteiger partial charge in [0, 0.05) is 0 Å². The highest BCUT2D eigenvalue weighted by atomic mass is 19.4. The van der Waals surface area contributed by atoms with Gasteiger partial charge < -0.3 is 4.74 Å². The molecule has 0 bridgehead atoms. The van der Waals surface area contributed by atoms with Gasteiger partial charge in [0.1, 0.15) is 5.69 Å². The van der Waals surface area contributed by atoms with Gasteiger partial charge in [0.2, 0.25) is 0 Å². The molecule has 0 spiro atoms. The third-order valence-corrected chi connectivity index (χ3v) is 1.73. The molecule has 0 saturated carbocycles. The summed E-state index contributed by atoms with van der Waals surface area (Å²) in [7, 11) is 0. The minimum absolute atomic E-state index is 0.285. The first-order valence-corrected chi connectivity index (χ1v) is 4.29. The maximum absolute atomic E-state index is 13.2. The lowest BCUT2D eigenvalue weighted by molar-refractivity contribution is -0.275. The molecule has 17 heavy (non-hydrogen) atoms. The summed E-state index contributed by atoms with van der Waals surface area (Å²) in [5.41, 5.74) is -0.285. The van der Waals surface area contributed by atoms with Gasteiger partial charge in [-0.3, -0.25) is 0 Å². The second-order valence-corrected chi connectivity index (χ2v) is 2.88. The number of alkyl halides is 3. The summed E-state index contributed by atoms with van der Waals surface area (Å²) in [5, 5.41) is 7.18. The standard InChI is InChI=1S/C9H4F4N3O/c10-6-2-1-3-7(16-14-4-5-15-16)8(6)17-9(11,12)13/h2-5H. The maximum atomic E-state index is 13.2. The number of halogens is 4. The Labute approximate surface area is 92.4 Å². The molecule has 8 heteroatoms. The van der Waals surface area contributed by atoms with Gasteiger partial charge in [-0.2, -0.15) is 10.2 Å². The van der Waals surface area contributed by atoms with Crippen molar-refractivity contribution in [1.82, 2.24) is 15.0 Å². The maximum Gasteiger partial charge on any atom is 0.573 e. The third kappa shape index (κ3) is 2.52. The van der Waals surface area contributed by atoms with Crippen molar-refractivity contribution in [2.24, 2.45) is 0 Å². The Kier molecular flexibility index (Phi) is 2.70. The molecule has 2 aromatic rings. The van der Waals surface area contributed by atoms with E-state index in [4.69, 9.17) is 0 Å². The third-order valence-electron chi connectivity index (χ3n) is 1.73. The van der Waals surface area contributed by atoms with Crippen LogP contribution in [0.25, 0.3) is 5.69 Å². The van der Waals surface area contributed by atoms with Gasteiger partial charge in [0.25, 0.3) is 0 Å². The molecule has 0 fully saturated rings. The lowest BCUT2D eigenvalue weighted by Crippen LogP contribution is -2.19. The highest BCUT2D eigenvalue weighted by molar-refractivity contribution is 5.45. The van der Waals surface area contributed by atoms with Crippen LogP contribution >= 0.6 is 0 Å². The summed E-state index contributed by atoms with van der Waals surface area (Å²) in [4.78, 5) is 0.806. The lowest BCUT2D eigenvalue weighted by Gasteiger charge is -2.12. The molecule has 0 unspecified atom stereocenters. The van der Waals surface area contributed by atoms with E-state index in [9.17, 15) is 17.6 Å². The first-order valence-electron chi connectivity index (χ1n) is 4.29. The van der Waals surface area contributed by atoms with Crippen LogP contribution in [0.15, 0.2) is 24.5 Å². The second-order valence-electron chi connectivity index (χ2n) is 2.88. The van der Waals surface area contributed by atoms with E-state index in [1.54, 1.807) is 0 Å². The highest BCUT2D eigenvalue weighted by Crippen LogP contribution is 2.30. The number of ether oxygens (including phenoxy) is 1. The van der Waals surface area contributed by atoms with E-state index < -0.39 is 17.9 Å². The van der Waals surface area contributed by atoms with E-state index in [2.05, 4.69) is 21.0 Å². The van der Waals surface area contributed by atoms with Crippen LogP contribution in [0.3, 0.4) is 0 Å². The van der Waals surface area contributed by atoms with E-state index >= 15 is 0 Å². The average Bonchev–Trinajstić information content (AvgIpc) is 2.72. The SMILES string of the molecule is Fc1c[c]cc(-n2nccn2)c1OC(F)(F)F. The Morgan fingerprint density at radius 3 is 2.41 bits per heavy atom. The molecular weight excluding hydrogens is 242 g/mol. The van der Waals surface area contributed by atoms with E-state index in [1.807, 2.05) is 0 Å². The van der Waals surface area contributed by atoms with E-state index in [0.29, 0.717) is 0 Å². The average molecular weight is 246 g/mol. The molecule has 1 aromatic heterocycles. The highest BCUT2D eigenvalue weighted by Gasteiger charge is 2.34. The van der Waals surface area contributed by atoms with E-state index in [1.165, 1.54) is 12.4 Å².